The van der Waals surface area contributed by atoms with Crippen LogP contribution in [0.3, 0.4) is 0 Å². The summed E-state index contributed by atoms with van der Waals surface area (Å²) in [7, 11) is 0. The third-order valence-corrected chi connectivity index (χ3v) is 3.96. The molecule has 0 radical (unpaired) electrons. The smallest absolute Gasteiger partial charge is 0.124 e. The second kappa shape index (κ2) is 5.36. The highest BCUT2D eigenvalue weighted by atomic mass is 35.5. The van der Waals surface area contributed by atoms with E-state index in [0.29, 0.717) is 11.1 Å². The van der Waals surface area contributed by atoms with Crippen LogP contribution in [0.15, 0.2) is 18.2 Å². The summed E-state index contributed by atoms with van der Waals surface area (Å²) in [5.41, 5.74) is 1.04. The van der Waals surface area contributed by atoms with E-state index >= 15 is 0 Å². The van der Waals surface area contributed by atoms with Crippen LogP contribution in [-0.2, 0) is 6.42 Å². The van der Waals surface area contributed by atoms with Crippen LogP contribution in [0.25, 0.3) is 0 Å². The van der Waals surface area contributed by atoms with Crippen LogP contribution in [0, 0.1) is 17.7 Å². The number of hydrogen-bond donors (Lipinski definition) is 1. The summed E-state index contributed by atoms with van der Waals surface area (Å²) in [6, 6.07) is 5.16. The van der Waals surface area contributed by atoms with Gasteiger partial charge in [0.05, 0.1) is 0 Å². The molecule has 0 amide bonds. The Morgan fingerprint density at radius 2 is 2.24 bits per heavy atom. The minimum atomic E-state index is -0.265. The fourth-order valence-corrected chi connectivity index (χ4v) is 2.72. The molecule has 0 aromatic heterocycles. The maximum Gasteiger partial charge on any atom is 0.124 e. The monoisotopic (exact) mass is 255 g/mol. The minimum Gasteiger partial charge on any atom is -0.314 e. The lowest BCUT2D eigenvalue weighted by molar-refractivity contribution is 0.454. The van der Waals surface area contributed by atoms with E-state index in [2.05, 4.69) is 19.2 Å². The van der Waals surface area contributed by atoms with Gasteiger partial charge >= 0.3 is 0 Å². The van der Waals surface area contributed by atoms with Gasteiger partial charge in [-0.15, -0.1) is 0 Å². The van der Waals surface area contributed by atoms with Crippen molar-refractivity contribution in [3.8, 4) is 0 Å². The van der Waals surface area contributed by atoms with Crippen LogP contribution in [0.4, 0.5) is 4.39 Å². The number of nitrogens with one attached hydrogen (secondary N) is 1. The first-order valence-electron chi connectivity index (χ1n) is 6.29. The summed E-state index contributed by atoms with van der Waals surface area (Å²) in [5.74, 6) is 1.29. The lowest BCUT2D eigenvalue weighted by Crippen LogP contribution is -2.33. The molecule has 0 heterocycles. The van der Waals surface area contributed by atoms with Gasteiger partial charge in [0.2, 0.25) is 0 Å². The van der Waals surface area contributed by atoms with Gasteiger partial charge in [-0.1, -0.05) is 31.5 Å². The van der Waals surface area contributed by atoms with Crippen LogP contribution in [0.1, 0.15) is 25.8 Å². The Bertz CT molecular complexity index is 394. The lowest BCUT2D eigenvalue weighted by atomic mass is 10.0. The number of halogens is 2. The average molecular weight is 256 g/mol. The zero-order valence-electron chi connectivity index (χ0n) is 10.3. The lowest BCUT2D eigenvalue weighted by Gasteiger charge is -2.18. The van der Waals surface area contributed by atoms with Crippen molar-refractivity contribution in [2.75, 3.05) is 6.54 Å². The van der Waals surface area contributed by atoms with Crippen molar-refractivity contribution in [2.24, 2.45) is 11.8 Å². The highest BCUT2D eigenvalue weighted by Crippen LogP contribution is 2.41. The topological polar surface area (TPSA) is 12.0 Å². The molecule has 1 aromatic carbocycles. The van der Waals surface area contributed by atoms with Crippen LogP contribution < -0.4 is 5.32 Å². The first-order valence-corrected chi connectivity index (χ1v) is 6.67. The molecule has 1 N–H and O–H groups in total. The fraction of sp³-hybridized carbons (Fsp3) is 0.571. The molecule has 1 aliphatic carbocycles. The fourth-order valence-electron chi connectivity index (χ4n) is 2.47. The molecule has 17 heavy (non-hydrogen) atoms. The molecule has 0 bridgehead atoms. The average Bonchev–Trinajstić information content (AvgIpc) is 2.98. The van der Waals surface area contributed by atoms with Gasteiger partial charge in [-0.2, -0.15) is 0 Å². The Morgan fingerprint density at radius 1 is 1.53 bits per heavy atom. The van der Waals surface area contributed by atoms with E-state index < -0.39 is 0 Å². The third kappa shape index (κ3) is 3.20. The second-order valence-corrected chi connectivity index (χ2v) is 5.39. The summed E-state index contributed by atoms with van der Waals surface area (Å²) >= 11 is 6.07. The van der Waals surface area contributed by atoms with Gasteiger partial charge in [0.1, 0.15) is 5.82 Å². The Kier molecular flexibility index (Phi) is 4.05. The summed E-state index contributed by atoms with van der Waals surface area (Å²) in [6.45, 7) is 5.36. The van der Waals surface area contributed by atoms with Crippen molar-refractivity contribution < 1.29 is 4.39 Å². The Hall–Kier alpha value is -0.600. The first-order chi connectivity index (χ1) is 8.11. The van der Waals surface area contributed by atoms with E-state index in [-0.39, 0.29) is 5.82 Å². The molecule has 3 unspecified atom stereocenters. The Balaban J connectivity index is 2.06. The maximum atomic E-state index is 13.0. The van der Waals surface area contributed by atoms with Crippen molar-refractivity contribution in [1.29, 1.82) is 0 Å². The summed E-state index contributed by atoms with van der Waals surface area (Å²) in [6.07, 6.45) is 2.18. The van der Waals surface area contributed by atoms with Crippen molar-refractivity contribution in [3.05, 3.63) is 34.6 Å². The van der Waals surface area contributed by atoms with E-state index in [1.807, 2.05) is 0 Å². The highest BCUT2D eigenvalue weighted by Gasteiger charge is 2.39. The number of likely N-dealkylation sites (N-methyl/N-ethyl adjacent to an activating group) is 1. The third-order valence-electron chi connectivity index (χ3n) is 3.61. The predicted octanol–water partition coefficient (Wildman–Crippen LogP) is 3.66. The molecule has 3 atom stereocenters. The molecule has 2 rings (SSSR count). The zero-order chi connectivity index (χ0) is 12.4. The Morgan fingerprint density at radius 3 is 2.76 bits per heavy atom. The molecular weight excluding hydrogens is 237 g/mol. The zero-order valence-corrected chi connectivity index (χ0v) is 11.1. The van der Waals surface area contributed by atoms with Crippen LogP contribution in [-0.4, -0.2) is 12.6 Å². The standard InChI is InChI=1S/C14H19ClFN/c1-3-17-14(12-6-9(12)2)7-10-4-5-11(16)8-13(10)15/h4-5,8-9,12,14,17H,3,6-7H2,1-2H3. The van der Waals surface area contributed by atoms with Crippen LogP contribution in [0.2, 0.25) is 5.02 Å². The van der Waals surface area contributed by atoms with Crippen molar-refractivity contribution in [1.82, 2.24) is 5.32 Å². The molecule has 3 heteroatoms. The maximum absolute atomic E-state index is 13.0. The number of rotatable bonds is 5. The number of hydrogen-bond acceptors (Lipinski definition) is 1. The van der Waals surface area contributed by atoms with Gasteiger partial charge in [-0.3, -0.25) is 0 Å². The van der Waals surface area contributed by atoms with Crippen molar-refractivity contribution in [2.45, 2.75) is 32.7 Å². The molecule has 1 aliphatic rings. The van der Waals surface area contributed by atoms with E-state index in [9.17, 15) is 4.39 Å². The van der Waals surface area contributed by atoms with E-state index in [0.717, 1.165) is 30.4 Å². The van der Waals surface area contributed by atoms with Crippen molar-refractivity contribution in [3.63, 3.8) is 0 Å². The van der Waals surface area contributed by atoms with E-state index in [1.54, 1.807) is 6.07 Å². The van der Waals surface area contributed by atoms with Gasteiger partial charge in [0.25, 0.3) is 0 Å². The molecule has 1 nitrogen and oxygen atoms in total. The molecule has 0 spiro atoms. The molecule has 1 fully saturated rings. The quantitative estimate of drug-likeness (QED) is 0.847. The van der Waals surface area contributed by atoms with Gasteiger partial charge < -0.3 is 5.32 Å². The van der Waals surface area contributed by atoms with Gasteiger partial charge in [-0.05, 0) is 48.9 Å². The highest BCUT2D eigenvalue weighted by molar-refractivity contribution is 6.31. The normalized spacial score (nSPS) is 24.7. The number of benzene rings is 1. The van der Waals surface area contributed by atoms with Gasteiger partial charge in [0.15, 0.2) is 0 Å². The largest absolute Gasteiger partial charge is 0.314 e. The Labute approximate surface area is 107 Å². The van der Waals surface area contributed by atoms with E-state index in [4.69, 9.17) is 11.6 Å². The first kappa shape index (κ1) is 12.8. The second-order valence-electron chi connectivity index (χ2n) is 4.98. The van der Waals surface area contributed by atoms with Crippen molar-refractivity contribution >= 4 is 11.6 Å². The van der Waals surface area contributed by atoms with E-state index in [1.165, 1.54) is 18.6 Å². The SMILES string of the molecule is CCNC(Cc1ccc(F)cc1Cl)C1CC1C. The van der Waals surface area contributed by atoms with Gasteiger partial charge in [0, 0.05) is 11.1 Å². The predicted molar refractivity (Wildman–Crippen MR) is 69.8 cm³/mol. The van der Waals surface area contributed by atoms with Crippen LogP contribution >= 0.6 is 11.6 Å². The minimum absolute atomic E-state index is 0.265. The molecule has 1 aromatic rings. The molecule has 0 aliphatic heterocycles. The molecule has 0 saturated heterocycles. The molecular formula is C14H19ClFN. The summed E-state index contributed by atoms with van der Waals surface area (Å²) < 4.78 is 13.0. The van der Waals surface area contributed by atoms with Gasteiger partial charge in [-0.25, -0.2) is 4.39 Å². The molecule has 1 saturated carbocycles. The molecule has 94 valence electrons. The summed E-state index contributed by atoms with van der Waals surface area (Å²) in [5, 5.41) is 4.06. The van der Waals surface area contributed by atoms with Crippen LogP contribution in [0.5, 0.6) is 0 Å². The summed E-state index contributed by atoms with van der Waals surface area (Å²) in [4.78, 5) is 0.